The molecule has 22 heavy (non-hydrogen) atoms. The van der Waals surface area contributed by atoms with Crippen molar-refractivity contribution in [1.82, 2.24) is 5.32 Å². The quantitative estimate of drug-likeness (QED) is 0.879. The maximum atomic E-state index is 12.5. The number of amides is 1. The fourth-order valence-corrected chi connectivity index (χ4v) is 2.44. The highest BCUT2D eigenvalue weighted by atomic mass is 35.5. The lowest BCUT2D eigenvalue weighted by molar-refractivity contribution is -0.128. The number of hydrogen-bond acceptors (Lipinski definition) is 2. The van der Waals surface area contributed by atoms with Gasteiger partial charge in [0.2, 0.25) is 6.10 Å². The molecule has 1 saturated carbocycles. The fraction of sp³-hybridized carbons (Fsp3) is 0.235. The van der Waals surface area contributed by atoms with E-state index in [9.17, 15) is 4.79 Å². The summed E-state index contributed by atoms with van der Waals surface area (Å²) in [4.78, 5) is 12.5. The number of benzene rings is 2. The topological polar surface area (TPSA) is 38.3 Å². The maximum Gasteiger partial charge on any atom is 0.266 e. The van der Waals surface area contributed by atoms with E-state index < -0.39 is 6.10 Å². The van der Waals surface area contributed by atoms with Crippen molar-refractivity contribution >= 4 is 29.1 Å². The van der Waals surface area contributed by atoms with Crippen LogP contribution in [-0.4, -0.2) is 11.9 Å². The summed E-state index contributed by atoms with van der Waals surface area (Å²) in [5.74, 6) is 0.235. The van der Waals surface area contributed by atoms with Gasteiger partial charge in [0.15, 0.2) is 0 Å². The molecule has 1 amide bonds. The molecule has 0 radical (unpaired) electrons. The van der Waals surface area contributed by atoms with E-state index in [-0.39, 0.29) is 11.9 Å². The number of carbonyl (C=O) groups excluding carboxylic acids is 1. The lowest BCUT2D eigenvalue weighted by Gasteiger charge is -2.20. The largest absolute Gasteiger partial charge is 0.474 e. The van der Waals surface area contributed by atoms with E-state index in [1.165, 1.54) is 0 Å². The molecule has 0 spiro atoms. The van der Waals surface area contributed by atoms with E-state index in [4.69, 9.17) is 27.9 Å². The van der Waals surface area contributed by atoms with E-state index in [1.807, 2.05) is 30.3 Å². The molecule has 1 aliphatic carbocycles. The van der Waals surface area contributed by atoms with Crippen molar-refractivity contribution in [1.29, 1.82) is 0 Å². The normalized spacial score (nSPS) is 15.2. The molecule has 0 aliphatic heterocycles. The summed E-state index contributed by atoms with van der Waals surface area (Å²) >= 11 is 12.2. The van der Waals surface area contributed by atoms with Gasteiger partial charge in [-0.2, -0.15) is 0 Å². The Balaban J connectivity index is 1.87. The zero-order valence-electron chi connectivity index (χ0n) is 11.8. The van der Waals surface area contributed by atoms with Crippen LogP contribution in [0, 0.1) is 0 Å². The van der Waals surface area contributed by atoms with Gasteiger partial charge in [-0.05, 0) is 25.0 Å². The zero-order chi connectivity index (χ0) is 15.5. The van der Waals surface area contributed by atoms with E-state index in [2.05, 4.69) is 5.32 Å². The Hall–Kier alpha value is -1.71. The number of hydrogen-bond donors (Lipinski definition) is 1. The monoisotopic (exact) mass is 335 g/mol. The molecule has 0 bridgehead atoms. The lowest BCUT2D eigenvalue weighted by atomic mass is 10.1. The first-order chi connectivity index (χ1) is 10.6. The Kier molecular flexibility index (Phi) is 4.55. The lowest BCUT2D eigenvalue weighted by Crippen LogP contribution is -2.33. The minimum absolute atomic E-state index is 0.162. The van der Waals surface area contributed by atoms with E-state index >= 15 is 0 Å². The molecule has 1 aliphatic rings. The summed E-state index contributed by atoms with van der Waals surface area (Å²) in [5.41, 5.74) is 0.775. The molecule has 0 unspecified atom stereocenters. The second-order valence-corrected chi connectivity index (χ2v) is 6.03. The van der Waals surface area contributed by atoms with Crippen molar-refractivity contribution in [2.75, 3.05) is 0 Å². The highest BCUT2D eigenvalue weighted by molar-refractivity contribution is 6.42. The van der Waals surface area contributed by atoms with Crippen molar-refractivity contribution < 1.29 is 9.53 Å². The summed E-state index contributed by atoms with van der Waals surface area (Å²) in [5, 5.41) is 3.67. The molecule has 0 heterocycles. The van der Waals surface area contributed by atoms with Crippen molar-refractivity contribution in [3.63, 3.8) is 0 Å². The molecule has 1 N–H and O–H groups in total. The number of nitrogens with one attached hydrogen (secondary N) is 1. The Labute approximate surface area is 139 Å². The van der Waals surface area contributed by atoms with Gasteiger partial charge in [-0.25, -0.2) is 0 Å². The van der Waals surface area contributed by atoms with Crippen molar-refractivity contribution in [2.24, 2.45) is 0 Å². The molecular weight excluding hydrogens is 321 g/mol. The van der Waals surface area contributed by atoms with E-state index in [0.717, 1.165) is 18.4 Å². The van der Waals surface area contributed by atoms with Gasteiger partial charge in [-0.3, -0.25) is 4.79 Å². The van der Waals surface area contributed by atoms with Gasteiger partial charge >= 0.3 is 0 Å². The molecule has 2 aromatic carbocycles. The number of ether oxygens (including phenoxy) is 1. The number of rotatable bonds is 5. The van der Waals surface area contributed by atoms with Crippen molar-refractivity contribution in [3.8, 4) is 5.75 Å². The van der Waals surface area contributed by atoms with E-state index in [0.29, 0.717) is 15.8 Å². The second kappa shape index (κ2) is 6.59. The predicted molar refractivity (Wildman–Crippen MR) is 87.4 cm³/mol. The average Bonchev–Trinajstić information content (AvgIpc) is 3.33. The molecule has 3 nitrogen and oxygen atoms in total. The summed E-state index contributed by atoms with van der Waals surface area (Å²) in [6.07, 6.45) is 1.29. The SMILES string of the molecule is O=C(NC1CC1)[C@H](Oc1cccc(Cl)c1Cl)c1ccccc1. The van der Waals surface area contributed by atoms with Gasteiger partial charge in [0.1, 0.15) is 10.8 Å². The van der Waals surface area contributed by atoms with Gasteiger partial charge < -0.3 is 10.1 Å². The third-order valence-electron chi connectivity index (χ3n) is 3.43. The molecule has 2 aromatic rings. The van der Waals surface area contributed by atoms with Gasteiger partial charge in [-0.1, -0.05) is 59.6 Å². The molecule has 5 heteroatoms. The first-order valence-corrected chi connectivity index (χ1v) is 7.87. The van der Waals surface area contributed by atoms with Gasteiger partial charge in [0.05, 0.1) is 5.02 Å². The van der Waals surface area contributed by atoms with Crippen LogP contribution in [0.5, 0.6) is 5.75 Å². The molecule has 3 rings (SSSR count). The van der Waals surface area contributed by atoms with Crippen LogP contribution in [0.1, 0.15) is 24.5 Å². The van der Waals surface area contributed by atoms with Crippen LogP contribution in [0.25, 0.3) is 0 Å². The Bertz CT molecular complexity index is 672. The van der Waals surface area contributed by atoms with Crippen LogP contribution in [0.2, 0.25) is 10.0 Å². The van der Waals surface area contributed by atoms with Crippen molar-refractivity contribution in [3.05, 3.63) is 64.1 Å². The van der Waals surface area contributed by atoms with Gasteiger partial charge in [-0.15, -0.1) is 0 Å². The zero-order valence-corrected chi connectivity index (χ0v) is 13.3. The first kappa shape index (κ1) is 15.2. The van der Waals surface area contributed by atoms with Crippen LogP contribution >= 0.6 is 23.2 Å². The highest BCUT2D eigenvalue weighted by Crippen LogP contribution is 2.34. The summed E-state index contributed by atoms with van der Waals surface area (Å²) in [6.45, 7) is 0. The average molecular weight is 336 g/mol. The molecule has 114 valence electrons. The van der Waals surface area contributed by atoms with Crippen LogP contribution in [0.15, 0.2) is 48.5 Å². The van der Waals surface area contributed by atoms with Crippen LogP contribution < -0.4 is 10.1 Å². The third-order valence-corrected chi connectivity index (χ3v) is 4.23. The Morgan fingerprint density at radius 2 is 1.82 bits per heavy atom. The van der Waals surface area contributed by atoms with Crippen LogP contribution in [-0.2, 0) is 4.79 Å². The van der Waals surface area contributed by atoms with Crippen LogP contribution in [0.3, 0.4) is 0 Å². The number of halogens is 2. The van der Waals surface area contributed by atoms with Crippen molar-refractivity contribution in [2.45, 2.75) is 25.0 Å². The molecule has 1 fully saturated rings. The summed E-state index contributed by atoms with van der Waals surface area (Å²) in [6, 6.07) is 14.7. The molecule has 1 atom stereocenters. The number of carbonyl (C=O) groups is 1. The predicted octanol–water partition coefficient (Wildman–Crippen LogP) is 4.39. The van der Waals surface area contributed by atoms with Crippen LogP contribution in [0.4, 0.5) is 0 Å². The summed E-state index contributed by atoms with van der Waals surface area (Å²) < 4.78 is 5.87. The minimum atomic E-state index is -0.752. The van der Waals surface area contributed by atoms with Gasteiger partial charge in [0.25, 0.3) is 5.91 Å². The standard InChI is InChI=1S/C17H15Cl2NO2/c18-13-7-4-8-14(15(13)19)22-16(11-5-2-1-3-6-11)17(21)20-12-9-10-12/h1-8,12,16H,9-10H2,(H,20,21)/t16-/m1/s1. The maximum absolute atomic E-state index is 12.5. The highest BCUT2D eigenvalue weighted by Gasteiger charge is 2.30. The molecular formula is C17H15Cl2NO2. The third kappa shape index (κ3) is 3.54. The fourth-order valence-electron chi connectivity index (χ4n) is 2.11. The van der Waals surface area contributed by atoms with Gasteiger partial charge in [0, 0.05) is 11.6 Å². The second-order valence-electron chi connectivity index (χ2n) is 5.24. The Morgan fingerprint density at radius 3 is 2.50 bits per heavy atom. The first-order valence-electron chi connectivity index (χ1n) is 7.11. The summed E-state index contributed by atoms with van der Waals surface area (Å²) in [7, 11) is 0. The Morgan fingerprint density at radius 1 is 1.09 bits per heavy atom. The molecule has 0 saturated heterocycles. The smallest absolute Gasteiger partial charge is 0.266 e. The molecule has 0 aromatic heterocycles. The van der Waals surface area contributed by atoms with E-state index in [1.54, 1.807) is 18.2 Å². The minimum Gasteiger partial charge on any atom is -0.474 e.